The average molecular weight is 257 g/mol. The van der Waals surface area contributed by atoms with Crippen LogP contribution in [-0.4, -0.2) is 22.5 Å². The molecule has 4 heteroatoms. The van der Waals surface area contributed by atoms with E-state index in [1.54, 1.807) is 11.3 Å². The zero-order valence-electron chi connectivity index (χ0n) is 10.3. The Hall–Kier alpha value is -1.39. The lowest BCUT2D eigenvalue weighted by Gasteiger charge is -2.27. The third-order valence-corrected chi connectivity index (χ3v) is 4.69. The van der Waals surface area contributed by atoms with E-state index in [0.29, 0.717) is 0 Å². The topological polar surface area (TPSA) is 29.3 Å². The predicted octanol–water partition coefficient (Wildman–Crippen LogP) is 2.62. The molecule has 92 valence electrons. The number of thiazole rings is 1. The monoisotopic (exact) mass is 257 g/mol. The number of hydrogen-bond acceptors (Lipinski definition) is 3. The summed E-state index contributed by atoms with van der Waals surface area (Å²) in [6.07, 6.45) is 3.31. The van der Waals surface area contributed by atoms with Gasteiger partial charge in [-0.3, -0.25) is 4.40 Å². The van der Waals surface area contributed by atoms with Crippen molar-refractivity contribution in [3.63, 3.8) is 0 Å². The van der Waals surface area contributed by atoms with Gasteiger partial charge in [-0.25, -0.2) is 4.98 Å². The van der Waals surface area contributed by atoms with E-state index in [9.17, 15) is 0 Å². The van der Waals surface area contributed by atoms with Gasteiger partial charge in [-0.15, -0.1) is 0 Å². The maximum absolute atomic E-state index is 4.54. The summed E-state index contributed by atoms with van der Waals surface area (Å²) < 4.78 is 3.55. The first-order chi connectivity index (χ1) is 8.79. The molecule has 1 fully saturated rings. The van der Waals surface area contributed by atoms with Gasteiger partial charge >= 0.3 is 0 Å². The number of benzene rings is 1. The summed E-state index contributed by atoms with van der Waals surface area (Å²) in [4.78, 5) is 5.64. The van der Waals surface area contributed by atoms with Crippen LogP contribution >= 0.6 is 11.3 Å². The molecule has 18 heavy (non-hydrogen) atoms. The van der Waals surface area contributed by atoms with Gasteiger partial charge in [0.25, 0.3) is 0 Å². The second-order valence-electron chi connectivity index (χ2n) is 5.17. The highest BCUT2D eigenvalue weighted by Crippen LogP contribution is 2.28. The predicted molar refractivity (Wildman–Crippen MR) is 75.4 cm³/mol. The number of nitrogens with zero attached hydrogens (tertiary/aromatic N) is 2. The van der Waals surface area contributed by atoms with Crippen molar-refractivity contribution in [1.82, 2.24) is 14.7 Å². The van der Waals surface area contributed by atoms with Gasteiger partial charge in [0.05, 0.1) is 15.9 Å². The number of hydrogen-bond donors (Lipinski definition) is 1. The van der Waals surface area contributed by atoms with Gasteiger partial charge in [-0.2, -0.15) is 0 Å². The summed E-state index contributed by atoms with van der Waals surface area (Å²) in [7, 11) is 0. The van der Waals surface area contributed by atoms with Crippen molar-refractivity contribution in [3.8, 4) is 0 Å². The van der Waals surface area contributed by atoms with Crippen molar-refractivity contribution in [2.75, 3.05) is 13.1 Å². The fourth-order valence-electron chi connectivity index (χ4n) is 2.61. The molecule has 0 spiro atoms. The van der Waals surface area contributed by atoms with Crippen LogP contribution in [0.1, 0.15) is 11.3 Å². The van der Waals surface area contributed by atoms with E-state index in [-0.39, 0.29) is 0 Å². The van der Waals surface area contributed by atoms with Gasteiger partial charge in [0.2, 0.25) is 0 Å². The number of fused-ring (bicyclic) bond motifs is 3. The van der Waals surface area contributed by atoms with E-state index in [2.05, 4.69) is 39.1 Å². The lowest BCUT2D eigenvalue weighted by Crippen LogP contribution is -2.43. The van der Waals surface area contributed by atoms with Gasteiger partial charge in [0.15, 0.2) is 4.96 Å². The number of nitrogens with one attached hydrogen (secondary N) is 1. The summed E-state index contributed by atoms with van der Waals surface area (Å²) in [5, 5.41) is 3.33. The van der Waals surface area contributed by atoms with Crippen molar-refractivity contribution in [3.05, 3.63) is 35.7 Å². The van der Waals surface area contributed by atoms with Crippen LogP contribution in [0.4, 0.5) is 0 Å². The van der Waals surface area contributed by atoms with Crippen molar-refractivity contribution in [1.29, 1.82) is 0 Å². The third kappa shape index (κ3) is 1.56. The maximum Gasteiger partial charge on any atom is 0.194 e. The van der Waals surface area contributed by atoms with E-state index < -0.39 is 0 Å². The smallest absolute Gasteiger partial charge is 0.194 e. The molecule has 0 radical (unpaired) electrons. The molecular weight excluding hydrogens is 242 g/mol. The first kappa shape index (κ1) is 10.5. The third-order valence-electron chi connectivity index (χ3n) is 3.67. The maximum atomic E-state index is 4.54. The minimum atomic E-state index is 0.828. The highest BCUT2D eigenvalue weighted by Gasteiger charge is 2.17. The van der Waals surface area contributed by atoms with Crippen LogP contribution in [0, 0.1) is 12.8 Å². The second kappa shape index (κ2) is 3.80. The highest BCUT2D eigenvalue weighted by atomic mass is 32.1. The molecule has 1 saturated heterocycles. The van der Waals surface area contributed by atoms with Gasteiger partial charge in [0.1, 0.15) is 0 Å². The molecule has 0 bridgehead atoms. The van der Waals surface area contributed by atoms with E-state index in [1.807, 2.05) is 6.92 Å². The van der Waals surface area contributed by atoms with E-state index in [0.717, 1.165) is 16.6 Å². The van der Waals surface area contributed by atoms with Gasteiger partial charge < -0.3 is 5.32 Å². The van der Waals surface area contributed by atoms with Gasteiger partial charge in [-0.05, 0) is 50.0 Å². The first-order valence-electron chi connectivity index (χ1n) is 6.37. The van der Waals surface area contributed by atoms with Crippen molar-refractivity contribution in [2.24, 2.45) is 5.92 Å². The molecule has 0 aliphatic carbocycles. The zero-order chi connectivity index (χ0) is 12.1. The molecule has 3 aromatic rings. The van der Waals surface area contributed by atoms with E-state index in [1.165, 1.54) is 35.3 Å². The fraction of sp³-hybridized carbons (Fsp3) is 0.357. The molecule has 1 aromatic carbocycles. The van der Waals surface area contributed by atoms with Crippen LogP contribution in [0.25, 0.3) is 15.2 Å². The fourth-order valence-corrected chi connectivity index (χ4v) is 3.73. The van der Waals surface area contributed by atoms with Crippen molar-refractivity contribution in [2.45, 2.75) is 13.3 Å². The minimum Gasteiger partial charge on any atom is -0.316 e. The van der Waals surface area contributed by atoms with Gasteiger partial charge in [-0.1, -0.05) is 17.4 Å². The Morgan fingerprint density at radius 1 is 1.44 bits per heavy atom. The number of aryl methyl sites for hydroxylation is 1. The first-order valence-corrected chi connectivity index (χ1v) is 7.19. The summed E-state index contributed by atoms with van der Waals surface area (Å²) in [5.41, 5.74) is 3.83. The largest absolute Gasteiger partial charge is 0.316 e. The molecule has 4 rings (SSSR count). The zero-order valence-corrected chi connectivity index (χ0v) is 11.1. The second-order valence-corrected chi connectivity index (χ2v) is 6.18. The molecular formula is C14H15N3S. The Balaban J connectivity index is 1.79. The number of imidazole rings is 1. The Morgan fingerprint density at radius 3 is 3.11 bits per heavy atom. The molecule has 3 nitrogen and oxygen atoms in total. The minimum absolute atomic E-state index is 0.828. The summed E-state index contributed by atoms with van der Waals surface area (Å²) in [6.45, 7) is 4.39. The molecule has 0 amide bonds. The molecule has 3 heterocycles. The van der Waals surface area contributed by atoms with E-state index in [4.69, 9.17) is 0 Å². The quantitative estimate of drug-likeness (QED) is 0.764. The lowest BCUT2D eigenvalue weighted by atomic mass is 9.94. The van der Waals surface area contributed by atoms with Crippen LogP contribution in [0.2, 0.25) is 0 Å². The van der Waals surface area contributed by atoms with E-state index >= 15 is 0 Å². The molecule has 1 aliphatic heterocycles. The molecule has 0 saturated carbocycles. The molecule has 0 unspecified atom stereocenters. The standard InChI is InChI=1S/C14H15N3S/c1-9-8-17-12-3-2-10(4-11-6-15-7-11)5-13(12)18-14(17)16-9/h2-3,5,8,11,15H,4,6-7H2,1H3. The van der Waals surface area contributed by atoms with Crippen LogP contribution in [0.15, 0.2) is 24.4 Å². The summed E-state index contributed by atoms with van der Waals surface area (Å²) >= 11 is 1.79. The normalized spacial score (nSPS) is 16.5. The van der Waals surface area contributed by atoms with Crippen LogP contribution in [-0.2, 0) is 6.42 Å². The van der Waals surface area contributed by atoms with Crippen LogP contribution < -0.4 is 5.32 Å². The summed E-state index contributed by atoms with van der Waals surface area (Å²) in [5.74, 6) is 0.828. The number of rotatable bonds is 2. The molecule has 0 atom stereocenters. The van der Waals surface area contributed by atoms with Gasteiger partial charge in [0, 0.05) is 6.20 Å². The number of aromatic nitrogens is 2. The Labute approximate surface area is 109 Å². The van der Waals surface area contributed by atoms with Crippen LogP contribution in [0.5, 0.6) is 0 Å². The molecule has 1 N–H and O–H groups in total. The lowest BCUT2D eigenvalue weighted by molar-refractivity contribution is 0.346. The SMILES string of the molecule is Cc1cn2c(n1)sc1cc(CC3CNC3)ccc12. The molecule has 2 aromatic heterocycles. The highest BCUT2D eigenvalue weighted by molar-refractivity contribution is 7.23. The molecule has 1 aliphatic rings. The van der Waals surface area contributed by atoms with Crippen molar-refractivity contribution < 1.29 is 0 Å². The average Bonchev–Trinajstić information content (AvgIpc) is 2.78. The summed E-state index contributed by atoms with van der Waals surface area (Å²) in [6, 6.07) is 6.84. The van der Waals surface area contributed by atoms with Crippen molar-refractivity contribution >= 4 is 26.5 Å². The Kier molecular flexibility index (Phi) is 2.22. The Bertz CT molecular complexity index is 721. The van der Waals surface area contributed by atoms with Crippen LogP contribution in [0.3, 0.4) is 0 Å². The Morgan fingerprint density at radius 2 is 2.33 bits per heavy atom.